The highest BCUT2D eigenvalue weighted by molar-refractivity contribution is 5.72. The van der Waals surface area contributed by atoms with Crippen molar-refractivity contribution < 1.29 is 9.53 Å². The molecule has 1 aliphatic carbocycles. The quantitative estimate of drug-likeness (QED) is 0.561. The summed E-state index contributed by atoms with van der Waals surface area (Å²) in [5.41, 5.74) is 1.22. The molecule has 1 atom stereocenters. The number of carbonyl (C=O) groups is 1. The Kier molecular flexibility index (Phi) is 5.40. The molecule has 108 valence electrons. The Morgan fingerprint density at radius 1 is 1.42 bits per heavy atom. The summed E-state index contributed by atoms with van der Waals surface area (Å²) in [4.78, 5) is 14.1. The fraction of sp³-hybridized carbons (Fsp3) is 0.800. The van der Waals surface area contributed by atoms with E-state index in [-0.39, 0.29) is 11.9 Å². The van der Waals surface area contributed by atoms with Crippen LogP contribution in [0, 0.1) is 5.92 Å². The number of carbonyl (C=O) groups excluding carboxylic acids is 1. The van der Waals surface area contributed by atoms with Crippen LogP contribution in [0.4, 0.5) is 0 Å². The number of hydrogen-bond donors (Lipinski definition) is 1. The number of nitrogens with zero attached hydrogens (tertiary/aromatic N) is 1. The molecule has 2 rings (SSSR count). The molecule has 0 amide bonds. The molecule has 19 heavy (non-hydrogen) atoms. The van der Waals surface area contributed by atoms with Crippen LogP contribution < -0.4 is 5.32 Å². The predicted octanol–water partition coefficient (Wildman–Crippen LogP) is 1.57. The van der Waals surface area contributed by atoms with Gasteiger partial charge in [0.15, 0.2) is 0 Å². The first kappa shape index (κ1) is 14.5. The van der Waals surface area contributed by atoms with E-state index in [1.54, 1.807) is 0 Å². The van der Waals surface area contributed by atoms with Crippen LogP contribution in [0.15, 0.2) is 12.2 Å². The maximum absolute atomic E-state index is 11.8. The lowest BCUT2D eigenvalue weighted by molar-refractivity contribution is -0.149. The second-order valence-electron chi connectivity index (χ2n) is 5.73. The van der Waals surface area contributed by atoms with E-state index >= 15 is 0 Å². The molecule has 1 heterocycles. The van der Waals surface area contributed by atoms with Crippen molar-refractivity contribution in [3.8, 4) is 0 Å². The van der Waals surface area contributed by atoms with Gasteiger partial charge in [0.05, 0.1) is 12.5 Å². The zero-order valence-electron chi connectivity index (χ0n) is 12.0. The molecule has 4 nitrogen and oxygen atoms in total. The third kappa shape index (κ3) is 4.96. The number of hydrogen-bond acceptors (Lipinski definition) is 4. The number of nitrogens with one attached hydrogen (secondary N) is 1. The summed E-state index contributed by atoms with van der Waals surface area (Å²) in [7, 11) is 0. The Labute approximate surface area is 116 Å². The van der Waals surface area contributed by atoms with E-state index in [9.17, 15) is 4.79 Å². The maximum atomic E-state index is 11.8. The van der Waals surface area contributed by atoms with Crippen molar-refractivity contribution in [2.75, 3.05) is 32.8 Å². The summed E-state index contributed by atoms with van der Waals surface area (Å²) < 4.78 is 5.12. The van der Waals surface area contributed by atoms with Gasteiger partial charge in [-0.15, -0.1) is 0 Å². The molecule has 2 aliphatic rings. The minimum atomic E-state index is -0.0334. The van der Waals surface area contributed by atoms with Gasteiger partial charge in [-0.3, -0.25) is 9.69 Å². The number of esters is 1. The van der Waals surface area contributed by atoms with Crippen LogP contribution in [0.2, 0.25) is 0 Å². The molecule has 0 aromatic rings. The van der Waals surface area contributed by atoms with Crippen LogP contribution in [-0.4, -0.2) is 49.7 Å². The normalized spacial score (nSPS) is 24.2. The first-order chi connectivity index (χ1) is 9.19. The zero-order chi connectivity index (χ0) is 13.7. The van der Waals surface area contributed by atoms with E-state index in [1.165, 1.54) is 18.4 Å². The average molecular weight is 266 g/mol. The number of ether oxygens (including phenoxy) is 1. The summed E-state index contributed by atoms with van der Waals surface area (Å²) in [6.45, 7) is 10.2. The minimum absolute atomic E-state index is 0.0334. The molecule has 4 heteroatoms. The van der Waals surface area contributed by atoms with Gasteiger partial charge >= 0.3 is 5.97 Å². The van der Waals surface area contributed by atoms with Crippen LogP contribution in [0.25, 0.3) is 0 Å². The second kappa shape index (κ2) is 7.06. The molecule has 0 aromatic heterocycles. The lowest BCUT2D eigenvalue weighted by Gasteiger charge is -2.32. The Balaban J connectivity index is 1.70. The van der Waals surface area contributed by atoms with Gasteiger partial charge in [-0.05, 0) is 44.7 Å². The fourth-order valence-corrected chi connectivity index (χ4v) is 2.60. The highest BCUT2D eigenvalue weighted by atomic mass is 16.5. The van der Waals surface area contributed by atoms with E-state index in [1.807, 2.05) is 6.92 Å². The summed E-state index contributed by atoms with van der Waals surface area (Å²) >= 11 is 0. The average Bonchev–Trinajstić information content (AvgIpc) is 3.21. The number of likely N-dealkylation sites (tertiary alicyclic amines) is 1. The van der Waals surface area contributed by atoms with Crippen LogP contribution in [-0.2, 0) is 9.53 Å². The Morgan fingerprint density at radius 2 is 2.21 bits per heavy atom. The Hall–Kier alpha value is -0.870. The summed E-state index contributed by atoms with van der Waals surface area (Å²) in [5, 5.41) is 3.48. The highest BCUT2D eigenvalue weighted by Crippen LogP contribution is 2.20. The lowest BCUT2D eigenvalue weighted by atomic mass is 9.98. The van der Waals surface area contributed by atoms with E-state index in [2.05, 4.69) is 16.8 Å². The van der Waals surface area contributed by atoms with E-state index in [0.717, 1.165) is 45.1 Å². The molecule has 1 saturated carbocycles. The van der Waals surface area contributed by atoms with E-state index < -0.39 is 0 Å². The molecule has 1 unspecified atom stereocenters. The van der Waals surface area contributed by atoms with Gasteiger partial charge in [0.25, 0.3) is 0 Å². The minimum Gasteiger partial charge on any atom is -0.466 e. The molecule has 0 bridgehead atoms. The third-order valence-corrected chi connectivity index (χ3v) is 3.79. The zero-order valence-corrected chi connectivity index (χ0v) is 12.0. The van der Waals surface area contributed by atoms with E-state index in [4.69, 9.17) is 4.74 Å². The Morgan fingerprint density at radius 3 is 2.89 bits per heavy atom. The number of rotatable bonds is 7. The van der Waals surface area contributed by atoms with Crippen molar-refractivity contribution >= 4 is 5.97 Å². The van der Waals surface area contributed by atoms with Crippen molar-refractivity contribution in [3.63, 3.8) is 0 Å². The largest absolute Gasteiger partial charge is 0.466 e. The van der Waals surface area contributed by atoms with Gasteiger partial charge < -0.3 is 10.1 Å². The van der Waals surface area contributed by atoms with Gasteiger partial charge in [0.1, 0.15) is 0 Å². The summed E-state index contributed by atoms with van der Waals surface area (Å²) in [6, 6.07) is 0.727. The Bertz CT molecular complexity index is 326. The van der Waals surface area contributed by atoms with Gasteiger partial charge in [-0.25, -0.2) is 0 Å². The molecule has 0 spiro atoms. The molecule has 1 N–H and O–H groups in total. The van der Waals surface area contributed by atoms with Crippen LogP contribution in [0.1, 0.15) is 32.6 Å². The molecule has 0 aromatic carbocycles. The fourth-order valence-electron chi connectivity index (χ4n) is 2.60. The highest BCUT2D eigenvalue weighted by Gasteiger charge is 2.27. The lowest BCUT2D eigenvalue weighted by Crippen LogP contribution is -2.41. The topological polar surface area (TPSA) is 41.6 Å². The van der Waals surface area contributed by atoms with Gasteiger partial charge in [-0.2, -0.15) is 0 Å². The SMILES string of the molecule is C=C(CNC1CC1)CN1CCCC(C(=O)OCC)C1. The van der Waals surface area contributed by atoms with Crippen molar-refractivity contribution in [3.05, 3.63) is 12.2 Å². The van der Waals surface area contributed by atoms with Crippen molar-refractivity contribution in [1.29, 1.82) is 0 Å². The van der Waals surface area contributed by atoms with Crippen LogP contribution in [0.3, 0.4) is 0 Å². The van der Waals surface area contributed by atoms with Crippen molar-refractivity contribution in [2.24, 2.45) is 5.92 Å². The molecule has 2 fully saturated rings. The summed E-state index contributed by atoms with van der Waals surface area (Å²) in [6.07, 6.45) is 4.65. The first-order valence-electron chi connectivity index (χ1n) is 7.48. The van der Waals surface area contributed by atoms with Crippen LogP contribution >= 0.6 is 0 Å². The van der Waals surface area contributed by atoms with Crippen LogP contribution in [0.5, 0.6) is 0 Å². The molecule has 1 aliphatic heterocycles. The first-order valence-corrected chi connectivity index (χ1v) is 7.48. The van der Waals surface area contributed by atoms with Gasteiger partial charge in [-0.1, -0.05) is 6.58 Å². The van der Waals surface area contributed by atoms with E-state index in [0.29, 0.717) is 6.61 Å². The maximum Gasteiger partial charge on any atom is 0.310 e. The monoisotopic (exact) mass is 266 g/mol. The van der Waals surface area contributed by atoms with Crippen molar-refractivity contribution in [2.45, 2.75) is 38.6 Å². The molecule has 1 saturated heterocycles. The third-order valence-electron chi connectivity index (χ3n) is 3.79. The molecular weight excluding hydrogens is 240 g/mol. The molecule has 0 radical (unpaired) electrons. The predicted molar refractivity (Wildman–Crippen MR) is 76.0 cm³/mol. The smallest absolute Gasteiger partial charge is 0.310 e. The molecular formula is C15H26N2O2. The second-order valence-corrected chi connectivity index (χ2v) is 5.73. The van der Waals surface area contributed by atoms with Gasteiger partial charge in [0, 0.05) is 25.7 Å². The standard InChI is InChI=1S/C15H26N2O2/c1-3-19-15(18)13-5-4-8-17(11-13)10-12(2)9-16-14-6-7-14/h13-14,16H,2-11H2,1H3. The van der Waals surface area contributed by atoms with Gasteiger partial charge in [0.2, 0.25) is 0 Å². The summed E-state index contributed by atoms with van der Waals surface area (Å²) in [5.74, 6) is 0.0202. The number of piperidine rings is 1. The van der Waals surface area contributed by atoms with Crippen molar-refractivity contribution in [1.82, 2.24) is 10.2 Å².